The Kier molecular flexibility index (Phi) is 4.87. The van der Waals surface area contributed by atoms with Crippen LogP contribution in [0.1, 0.15) is 24.1 Å². The Bertz CT molecular complexity index is 806. The Hall–Kier alpha value is -1.92. The van der Waals surface area contributed by atoms with Crippen molar-refractivity contribution in [3.8, 4) is 0 Å². The van der Waals surface area contributed by atoms with Gasteiger partial charge in [0.15, 0.2) is 0 Å². The average molecular weight is 352 g/mol. The van der Waals surface area contributed by atoms with Gasteiger partial charge < -0.3 is 4.98 Å². The molecule has 3 rings (SSSR count). The number of aryl methyl sites for hydroxylation is 1. The third kappa shape index (κ3) is 3.76. The van der Waals surface area contributed by atoms with Gasteiger partial charge in [-0.2, -0.15) is 0 Å². The van der Waals surface area contributed by atoms with Crippen LogP contribution in [0.5, 0.6) is 0 Å². The molecule has 0 spiro atoms. The summed E-state index contributed by atoms with van der Waals surface area (Å²) in [6, 6.07) is 6.38. The molecular weight excluding hydrogens is 333 g/mol. The van der Waals surface area contributed by atoms with Gasteiger partial charge in [-0.15, -0.1) is 0 Å². The van der Waals surface area contributed by atoms with E-state index in [0.717, 1.165) is 12.8 Å². The van der Waals surface area contributed by atoms with E-state index >= 15 is 0 Å². The first-order chi connectivity index (χ1) is 11.5. The summed E-state index contributed by atoms with van der Waals surface area (Å²) in [6.45, 7) is 2.79. The van der Waals surface area contributed by atoms with Gasteiger partial charge in [-0.05, 0) is 31.9 Å². The van der Waals surface area contributed by atoms with Gasteiger partial charge >= 0.3 is 5.69 Å². The molecule has 5 nitrogen and oxygen atoms in total. The molecule has 1 aliphatic rings. The summed E-state index contributed by atoms with van der Waals surface area (Å²) in [6.07, 6.45) is 2.07. The second-order valence-electron chi connectivity index (χ2n) is 6.15. The third-order valence-corrected chi connectivity index (χ3v) is 4.61. The maximum absolute atomic E-state index is 14.0. The van der Waals surface area contributed by atoms with Crippen molar-refractivity contribution in [2.45, 2.75) is 38.9 Å². The van der Waals surface area contributed by atoms with Crippen LogP contribution in [0, 0.1) is 12.7 Å². The Morgan fingerprint density at radius 1 is 1.38 bits per heavy atom. The van der Waals surface area contributed by atoms with Crippen LogP contribution >= 0.6 is 11.6 Å². The first kappa shape index (κ1) is 16.9. The second kappa shape index (κ2) is 6.91. The van der Waals surface area contributed by atoms with Gasteiger partial charge in [0.2, 0.25) is 0 Å². The fourth-order valence-corrected chi connectivity index (χ4v) is 3.02. The molecule has 0 amide bonds. The molecule has 0 saturated heterocycles. The molecule has 1 aromatic heterocycles. The molecule has 0 unspecified atom stereocenters. The lowest BCUT2D eigenvalue weighted by atomic mass is 10.2. The van der Waals surface area contributed by atoms with Gasteiger partial charge in [-0.25, -0.2) is 9.18 Å². The summed E-state index contributed by atoms with van der Waals surface area (Å²) in [4.78, 5) is 28.6. The van der Waals surface area contributed by atoms with Crippen molar-refractivity contribution in [3.05, 3.63) is 67.2 Å². The van der Waals surface area contributed by atoms with E-state index in [9.17, 15) is 14.0 Å². The van der Waals surface area contributed by atoms with E-state index < -0.39 is 5.69 Å². The quantitative estimate of drug-likeness (QED) is 0.868. The zero-order valence-electron chi connectivity index (χ0n) is 13.4. The Labute approximate surface area is 143 Å². The summed E-state index contributed by atoms with van der Waals surface area (Å²) in [5.41, 5.74) is 0.255. The number of nitrogens with zero attached hydrogens (tertiary/aromatic N) is 2. The Morgan fingerprint density at radius 2 is 2.12 bits per heavy atom. The molecule has 0 atom stereocenters. The van der Waals surface area contributed by atoms with Crippen LogP contribution in [-0.4, -0.2) is 27.0 Å². The minimum Gasteiger partial charge on any atom is -0.311 e. The van der Waals surface area contributed by atoms with E-state index in [4.69, 9.17) is 11.6 Å². The summed E-state index contributed by atoms with van der Waals surface area (Å²) in [5.74, 6) is -0.335. The summed E-state index contributed by atoms with van der Waals surface area (Å²) in [5, 5.41) is 0.394. The number of nitrogens with one attached hydrogen (secondary N) is 1. The number of aromatic amines is 1. The number of hydrogen-bond acceptors (Lipinski definition) is 3. The maximum Gasteiger partial charge on any atom is 0.328 e. The summed E-state index contributed by atoms with van der Waals surface area (Å²) in [7, 11) is 0. The molecule has 0 bridgehead atoms. The summed E-state index contributed by atoms with van der Waals surface area (Å²) < 4.78 is 15.2. The lowest BCUT2D eigenvalue weighted by Gasteiger charge is -2.23. The minimum absolute atomic E-state index is 0.261. The van der Waals surface area contributed by atoms with Crippen LogP contribution in [0.25, 0.3) is 0 Å². The normalized spacial score (nSPS) is 14.3. The van der Waals surface area contributed by atoms with Crippen LogP contribution in [0.3, 0.4) is 0 Å². The predicted molar refractivity (Wildman–Crippen MR) is 90.9 cm³/mol. The molecule has 24 heavy (non-hydrogen) atoms. The van der Waals surface area contributed by atoms with Crippen LogP contribution in [-0.2, 0) is 13.1 Å². The van der Waals surface area contributed by atoms with Crippen molar-refractivity contribution in [2.24, 2.45) is 0 Å². The number of hydrogen-bond donors (Lipinski definition) is 1. The molecule has 1 saturated carbocycles. The van der Waals surface area contributed by atoms with Crippen molar-refractivity contribution in [1.82, 2.24) is 14.5 Å². The molecule has 128 valence electrons. The molecule has 1 aliphatic carbocycles. The van der Waals surface area contributed by atoms with Gasteiger partial charge in [0.1, 0.15) is 5.82 Å². The average Bonchev–Trinajstić information content (AvgIpc) is 3.32. The molecule has 0 aliphatic heterocycles. The van der Waals surface area contributed by atoms with Crippen molar-refractivity contribution < 1.29 is 4.39 Å². The summed E-state index contributed by atoms with van der Waals surface area (Å²) >= 11 is 6.11. The van der Waals surface area contributed by atoms with E-state index in [0.29, 0.717) is 35.4 Å². The number of aromatic nitrogens is 2. The fraction of sp³-hybridized carbons (Fsp3) is 0.412. The fourth-order valence-electron chi connectivity index (χ4n) is 2.79. The first-order valence-electron chi connectivity index (χ1n) is 7.93. The SMILES string of the molecule is Cc1cc(=O)n(CCN(Cc2c(F)cccc2Cl)C2CC2)c(=O)[nH]1. The molecule has 1 fully saturated rings. The third-order valence-electron chi connectivity index (χ3n) is 4.25. The highest BCUT2D eigenvalue weighted by atomic mass is 35.5. The van der Waals surface area contributed by atoms with Crippen molar-refractivity contribution >= 4 is 11.6 Å². The highest BCUT2D eigenvalue weighted by Gasteiger charge is 2.30. The second-order valence-corrected chi connectivity index (χ2v) is 6.56. The lowest BCUT2D eigenvalue weighted by molar-refractivity contribution is 0.238. The number of benzene rings is 1. The van der Waals surface area contributed by atoms with Crippen LogP contribution < -0.4 is 11.2 Å². The Balaban J connectivity index is 1.77. The van der Waals surface area contributed by atoms with Gasteiger partial charge in [0.05, 0.1) is 0 Å². The van der Waals surface area contributed by atoms with Crippen LogP contribution in [0.4, 0.5) is 4.39 Å². The van der Waals surface area contributed by atoms with Crippen LogP contribution in [0.2, 0.25) is 5.02 Å². The van der Waals surface area contributed by atoms with Crippen LogP contribution in [0.15, 0.2) is 33.9 Å². The largest absolute Gasteiger partial charge is 0.328 e. The van der Waals surface area contributed by atoms with E-state index in [1.165, 1.54) is 16.7 Å². The lowest BCUT2D eigenvalue weighted by Crippen LogP contribution is -2.39. The van der Waals surface area contributed by atoms with Gasteiger partial charge in [0, 0.05) is 48.0 Å². The van der Waals surface area contributed by atoms with Crippen molar-refractivity contribution in [2.75, 3.05) is 6.54 Å². The van der Waals surface area contributed by atoms with Crippen molar-refractivity contribution in [3.63, 3.8) is 0 Å². The van der Waals surface area contributed by atoms with E-state index in [1.54, 1.807) is 19.1 Å². The highest BCUT2D eigenvalue weighted by Crippen LogP contribution is 2.30. The standard InChI is InChI=1S/C17H19ClFN3O2/c1-11-9-16(23)22(17(24)20-11)8-7-21(12-5-6-12)10-13-14(18)3-2-4-15(13)19/h2-4,9,12H,5-8,10H2,1H3,(H,20,24). The van der Waals surface area contributed by atoms with Crippen molar-refractivity contribution in [1.29, 1.82) is 0 Å². The molecule has 1 aromatic carbocycles. The zero-order valence-corrected chi connectivity index (χ0v) is 14.1. The first-order valence-corrected chi connectivity index (χ1v) is 8.31. The van der Waals surface area contributed by atoms with Gasteiger partial charge in [0.25, 0.3) is 5.56 Å². The smallest absolute Gasteiger partial charge is 0.311 e. The van der Waals surface area contributed by atoms with Gasteiger partial charge in [-0.3, -0.25) is 14.3 Å². The predicted octanol–water partition coefficient (Wildman–Crippen LogP) is 2.30. The highest BCUT2D eigenvalue weighted by molar-refractivity contribution is 6.31. The Morgan fingerprint density at radius 3 is 2.75 bits per heavy atom. The zero-order chi connectivity index (χ0) is 17.3. The number of halogens is 2. The molecule has 0 radical (unpaired) electrons. The molecule has 1 N–H and O–H groups in total. The number of rotatable bonds is 6. The minimum atomic E-state index is -0.417. The van der Waals surface area contributed by atoms with E-state index in [1.807, 2.05) is 0 Å². The monoisotopic (exact) mass is 351 g/mol. The molecule has 1 heterocycles. The van der Waals surface area contributed by atoms with Gasteiger partial charge in [-0.1, -0.05) is 17.7 Å². The van der Waals surface area contributed by atoms with E-state index in [2.05, 4.69) is 9.88 Å². The molecular formula is C17H19ClFN3O2. The topological polar surface area (TPSA) is 58.1 Å². The number of H-pyrrole nitrogens is 1. The maximum atomic E-state index is 14.0. The van der Waals surface area contributed by atoms with E-state index in [-0.39, 0.29) is 17.9 Å². The molecule has 2 aromatic rings. The molecule has 7 heteroatoms.